The summed E-state index contributed by atoms with van der Waals surface area (Å²) in [7, 11) is 0. The number of aliphatic carboxylic acids is 1. The molecule has 0 aliphatic heterocycles. The largest absolute Gasteiger partial charge is 0.481 e. The van der Waals surface area contributed by atoms with Gasteiger partial charge in [0, 0.05) is 13.5 Å². The minimum atomic E-state index is -1.08. The number of carbonyl (C=O) groups is 3. The van der Waals surface area contributed by atoms with E-state index in [4.69, 9.17) is 24.7 Å². The Bertz CT molecular complexity index is 585. The van der Waals surface area contributed by atoms with Crippen molar-refractivity contribution >= 4 is 18.0 Å². The summed E-state index contributed by atoms with van der Waals surface area (Å²) in [4.78, 5) is 40.3. The fraction of sp³-hybridized carbons (Fsp3) is 0.842. The molecule has 0 aromatic rings. The number of carbonyl (C=O) groups excluding carboxylic acids is 2. The molecular formula is C19H32N2O9. The van der Waals surface area contributed by atoms with Gasteiger partial charge in [-0.1, -0.05) is 19.3 Å². The van der Waals surface area contributed by atoms with E-state index in [1.165, 1.54) is 6.92 Å². The van der Waals surface area contributed by atoms with Gasteiger partial charge in [0.15, 0.2) is 0 Å². The van der Waals surface area contributed by atoms with Gasteiger partial charge in [-0.15, -0.1) is 0 Å². The molecule has 11 heteroatoms. The van der Waals surface area contributed by atoms with Gasteiger partial charge >= 0.3 is 18.0 Å². The summed E-state index contributed by atoms with van der Waals surface area (Å²) in [6, 6.07) is 0. The number of nitrogens with one attached hydrogen (secondary N) is 1. The lowest BCUT2D eigenvalue weighted by Gasteiger charge is -2.36. The van der Waals surface area contributed by atoms with Crippen LogP contribution in [0.25, 0.3) is 0 Å². The molecule has 30 heavy (non-hydrogen) atoms. The Kier molecular flexibility index (Phi) is 9.28. The molecule has 2 saturated carbocycles. The van der Waals surface area contributed by atoms with Crippen molar-refractivity contribution in [2.45, 2.75) is 83.5 Å². The van der Waals surface area contributed by atoms with Gasteiger partial charge in [-0.05, 0) is 43.9 Å². The zero-order chi connectivity index (χ0) is 22.1. The Labute approximate surface area is 175 Å². The van der Waals surface area contributed by atoms with Gasteiger partial charge in [0.25, 0.3) is 0 Å². The van der Waals surface area contributed by atoms with E-state index >= 15 is 0 Å². The van der Waals surface area contributed by atoms with Crippen LogP contribution >= 0.6 is 0 Å². The lowest BCUT2D eigenvalue weighted by Crippen LogP contribution is -2.41. The summed E-state index contributed by atoms with van der Waals surface area (Å²) in [6.45, 7) is 1.64. The van der Waals surface area contributed by atoms with Crippen LogP contribution in [0.1, 0.15) is 71.1 Å². The molecule has 0 aromatic heterocycles. The number of alkyl carbamates (subject to hydrolysis) is 1. The highest BCUT2D eigenvalue weighted by Gasteiger charge is 2.35. The highest BCUT2D eigenvalue weighted by Crippen LogP contribution is 2.38. The number of nitrogens with zero attached hydrogens (tertiary/aromatic N) is 1. The van der Waals surface area contributed by atoms with Gasteiger partial charge in [0.2, 0.25) is 6.29 Å². The zero-order valence-corrected chi connectivity index (χ0v) is 17.2. The highest BCUT2D eigenvalue weighted by molar-refractivity contribution is 5.73. The third-order valence-corrected chi connectivity index (χ3v) is 5.85. The Morgan fingerprint density at radius 3 is 2.27 bits per heavy atom. The molecule has 2 fully saturated rings. The van der Waals surface area contributed by atoms with Gasteiger partial charge < -0.3 is 19.9 Å². The molecule has 0 bridgehead atoms. The minimum absolute atomic E-state index is 0.00543. The SMILES string of the molecule is CC(OC(=O)NCC1(CC(=O)O)CCCCC1)OC(=O)C1CCC(ON(O)O)CC1. The predicted octanol–water partition coefficient (Wildman–Crippen LogP) is 2.60. The maximum atomic E-state index is 12.2. The molecule has 1 atom stereocenters. The van der Waals surface area contributed by atoms with E-state index in [0.29, 0.717) is 25.7 Å². The molecule has 0 saturated heterocycles. The topological polar surface area (TPSA) is 155 Å². The molecular weight excluding hydrogens is 400 g/mol. The van der Waals surface area contributed by atoms with Crippen LogP contribution in [0.15, 0.2) is 0 Å². The molecule has 0 radical (unpaired) electrons. The van der Waals surface area contributed by atoms with Crippen LogP contribution in [0.3, 0.4) is 0 Å². The fourth-order valence-corrected chi connectivity index (χ4v) is 4.31. The molecule has 0 spiro atoms. The van der Waals surface area contributed by atoms with Gasteiger partial charge in [-0.25, -0.2) is 9.63 Å². The van der Waals surface area contributed by atoms with E-state index < -0.39 is 29.7 Å². The van der Waals surface area contributed by atoms with Crippen molar-refractivity contribution in [1.82, 2.24) is 10.7 Å². The van der Waals surface area contributed by atoms with E-state index in [1.807, 2.05) is 0 Å². The van der Waals surface area contributed by atoms with E-state index in [-0.39, 0.29) is 30.4 Å². The second kappa shape index (κ2) is 11.4. The molecule has 1 amide bonds. The smallest absolute Gasteiger partial charge is 0.410 e. The quantitative estimate of drug-likeness (QED) is 0.243. The molecule has 0 heterocycles. The first-order valence-electron chi connectivity index (χ1n) is 10.4. The lowest BCUT2D eigenvalue weighted by atomic mass is 9.72. The van der Waals surface area contributed by atoms with E-state index in [1.54, 1.807) is 0 Å². The molecule has 1 unspecified atom stereocenters. The fourth-order valence-electron chi connectivity index (χ4n) is 4.31. The molecule has 2 aliphatic carbocycles. The van der Waals surface area contributed by atoms with Gasteiger partial charge in [-0.3, -0.25) is 20.0 Å². The van der Waals surface area contributed by atoms with Crippen molar-refractivity contribution in [2.75, 3.05) is 6.54 Å². The monoisotopic (exact) mass is 432 g/mol. The van der Waals surface area contributed by atoms with Crippen LogP contribution in [-0.2, 0) is 23.9 Å². The van der Waals surface area contributed by atoms with Gasteiger partial charge in [0.05, 0.1) is 23.8 Å². The Balaban J connectivity index is 1.72. The number of hydrogen-bond donors (Lipinski definition) is 4. The number of carboxylic acid groups (broad SMARTS) is 1. The zero-order valence-electron chi connectivity index (χ0n) is 17.2. The van der Waals surface area contributed by atoms with Crippen LogP contribution < -0.4 is 5.32 Å². The summed E-state index contributed by atoms with van der Waals surface area (Å²) in [5.41, 5.74) is -0.470. The van der Waals surface area contributed by atoms with Gasteiger partial charge in [-0.2, -0.15) is 0 Å². The molecule has 2 aliphatic rings. The van der Waals surface area contributed by atoms with E-state index in [9.17, 15) is 19.5 Å². The normalized spacial score (nSPS) is 24.7. The molecule has 2 rings (SSSR count). The summed E-state index contributed by atoms with van der Waals surface area (Å²) >= 11 is 0. The maximum absolute atomic E-state index is 12.2. The molecule has 11 nitrogen and oxygen atoms in total. The van der Waals surface area contributed by atoms with Crippen molar-refractivity contribution in [1.29, 1.82) is 0 Å². The standard InChI is InChI=1S/C19H32N2O9/c1-13(28-17(24)14-5-7-15(8-6-14)30-21(26)27)29-18(25)20-12-19(11-16(22)23)9-3-2-4-10-19/h13-15,26-27H,2-12H2,1H3,(H,20,25)(H,22,23). The minimum Gasteiger partial charge on any atom is -0.481 e. The van der Waals surface area contributed by atoms with Crippen molar-refractivity contribution < 1.29 is 44.2 Å². The van der Waals surface area contributed by atoms with Crippen LogP contribution in [0, 0.1) is 11.3 Å². The Morgan fingerprint density at radius 1 is 1.07 bits per heavy atom. The van der Waals surface area contributed by atoms with Crippen molar-refractivity contribution in [3.05, 3.63) is 0 Å². The van der Waals surface area contributed by atoms with E-state index in [2.05, 4.69) is 5.32 Å². The second-order valence-corrected chi connectivity index (χ2v) is 8.23. The molecule has 172 valence electrons. The number of esters is 1. The van der Waals surface area contributed by atoms with Crippen LogP contribution in [-0.4, -0.2) is 57.9 Å². The van der Waals surface area contributed by atoms with Gasteiger partial charge in [0.1, 0.15) is 0 Å². The third-order valence-electron chi connectivity index (χ3n) is 5.85. The number of rotatable bonds is 9. The van der Waals surface area contributed by atoms with Crippen LogP contribution in [0.4, 0.5) is 4.79 Å². The van der Waals surface area contributed by atoms with Crippen molar-refractivity contribution in [3.8, 4) is 0 Å². The number of amides is 1. The van der Waals surface area contributed by atoms with Crippen LogP contribution in [0.2, 0.25) is 0 Å². The van der Waals surface area contributed by atoms with Crippen molar-refractivity contribution in [3.63, 3.8) is 0 Å². The van der Waals surface area contributed by atoms with E-state index in [0.717, 1.165) is 32.1 Å². The summed E-state index contributed by atoms with van der Waals surface area (Å²) in [5, 5.41) is 28.8. The first kappa shape index (κ1) is 24.3. The third kappa shape index (κ3) is 8.05. The Morgan fingerprint density at radius 2 is 1.70 bits per heavy atom. The first-order valence-corrected chi connectivity index (χ1v) is 10.4. The first-order chi connectivity index (χ1) is 14.2. The highest BCUT2D eigenvalue weighted by atomic mass is 17.1. The summed E-state index contributed by atoms with van der Waals surface area (Å²) in [5.74, 6) is -1.76. The Hall–Kier alpha value is -1.95. The predicted molar refractivity (Wildman–Crippen MR) is 100 cm³/mol. The molecule has 4 N–H and O–H groups in total. The second-order valence-electron chi connectivity index (χ2n) is 8.23. The maximum Gasteiger partial charge on any atom is 0.410 e. The lowest BCUT2D eigenvalue weighted by molar-refractivity contribution is -0.506. The summed E-state index contributed by atoms with van der Waals surface area (Å²) in [6.07, 6.45) is 3.98. The average molecular weight is 432 g/mol. The van der Waals surface area contributed by atoms with Crippen molar-refractivity contribution in [2.24, 2.45) is 11.3 Å². The summed E-state index contributed by atoms with van der Waals surface area (Å²) < 4.78 is 10.3. The average Bonchev–Trinajstić information content (AvgIpc) is 2.66. The number of hydrogen-bond acceptors (Lipinski definition) is 9. The number of ether oxygens (including phenoxy) is 2. The van der Waals surface area contributed by atoms with Crippen LogP contribution in [0.5, 0.6) is 0 Å². The number of carboxylic acids is 1. The molecule has 0 aromatic carbocycles.